The number of rotatable bonds is 2. The van der Waals surface area contributed by atoms with Gasteiger partial charge in [-0.2, -0.15) is 0 Å². The van der Waals surface area contributed by atoms with E-state index in [1.165, 1.54) is 37.8 Å². The molecule has 1 saturated carbocycles. The fraction of sp³-hybridized carbons (Fsp3) is 0.500. The Labute approximate surface area is 96.3 Å². The highest BCUT2D eigenvalue weighted by Crippen LogP contribution is 2.33. The van der Waals surface area contributed by atoms with Crippen molar-refractivity contribution in [2.75, 3.05) is 0 Å². The summed E-state index contributed by atoms with van der Waals surface area (Å²) in [5, 5.41) is 0. The highest BCUT2D eigenvalue weighted by atomic mass is 35.5. The predicted molar refractivity (Wildman–Crippen MR) is 62.5 cm³/mol. The van der Waals surface area contributed by atoms with Gasteiger partial charge in [-0.15, -0.1) is 12.4 Å². The van der Waals surface area contributed by atoms with Gasteiger partial charge in [0, 0.05) is 6.04 Å². The van der Waals surface area contributed by atoms with Gasteiger partial charge in [-0.05, 0) is 36.5 Å². The first-order valence-electron chi connectivity index (χ1n) is 5.28. The number of hydrogen-bond acceptors (Lipinski definition) is 1. The Bertz CT molecular complexity index is 293. The second kappa shape index (κ2) is 5.47. The molecule has 0 bridgehead atoms. The summed E-state index contributed by atoms with van der Waals surface area (Å²) in [4.78, 5) is 0. The maximum atomic E-state index is 12.7. The smallest absolute Gasteiger partial charge is 0.123 e. The molecule has 0 heterocycles. The second-order valence-corrected chi connectivity index (χ2v) is 4.12. The standard InChI is InChI=1S/C12H16FN.ClH/c13-11-7-5-10(6-8-11)12(14)9-3-1-2-4-9;/h5-9,12H,1-4,14H2;1H. The first kappa shape index (κ1) is 12.5. The zero-order valence-corrected chi connectivity index (χ0v) is 9.47. The van der Waals surface area contributed by atoms with Crippen LogP contribution in [0.4, 0.5) is 4.39 Å². The van der Waals surface area contributed by atoms with E-state index in [0.717, 1.165) is 5.56 Å². The number of benzene rings is 1. The van der Waals surface area contributed by atoms with Crippen molar-refractivity contribution in [1.29, 1.82) is 0 Å². The minimum atomic E-state index is -0.188. The topological polar surface area (TPSA) is 26.0 Å². The zero-order valence-electron chi connectivity index (χ0n) is 8.66. The highest BCUT2D eigenvalue weighted by molar-refractivity contribution is 5.85. The molecule has 1 nitrogen and oxygen atoms in total. The van der Waals surface area contributed by atoms with Crippen molar-refractivity contribution in [3.05, 3.63) is 35.6 Å². The van der Waals surface area contributed by atoms with Crippen molar-refractivity contribution in [2.45, 2.75) is 31.7 Å². The third-order valence-electron chi connectivity index (χ3n) is 3.16. The Morgan fingerprint density at radius 2 is 1.67 bits per heavy atom. The summed E-state index contributed by atoms with van der Waals surface area (Å²) in [6, 6.07) is 6.68. The molecule has 1 atom stereocenters. The van der Waals surface area contributed by atoms with Gasteiger partial charge in [0.2, 0.25) is 0 Å². The third-order valence-corrected chi connectivity index (χ3v) is 3.16. The third kappa shape index (κ3) is 2.93. The van der Waals surface area contributed by atoms with Crippen LogP contribution in [0, 0.1) is 11.7 Å². The van der Waals surface area contributed by atoms with Crippen LogP contribution in [0.15, 0.2) is 24.3 Å². The van der Waals surface area contributed by atoms with E-state index in [2.05, 4.69) is 0 Å². The van der Waals surface area contributed by atoms with Gasteiger partial charge in [-0.1, -0.05) is 25.0 Å². The van der Waals surface area contributed by atoms with Gasteiger partial charge in [0.1, 0.15) is 5.82 Å². The van der Waals surface area contributed by atoms with Gasteiger partial charge in [0.05, 0.1) is 0 Å². The van der Waals surface area contributed by atoms with E-state index in [0.29, 0.717) is 5.92 Å². The monoisotopic (exact) mass is 229 g/mol. The minimum absolute atomic E-state index is 0. The predicted octanol–water partition coefficient (Wildman–Crippen LogP) is 3.44. The molecule has 1 unspecified atom stereocenters. The molecule has 84 valence electrons. The molecule has 1 aliphatic carbocycles. The number of halogens is 2. The van der Waals surface area contributed by atoms with Crippen molar-refractivity contribution in [1.82, 2.24) is 0 Å². The number of hydrogen-bond donors (Lipinski definition) is 1. The molecule has 1 aromatic carbocycles. The largest absolute Gasteiger partial charge is 0.324 e. The van der Waals surface area contributed by atoms with E-state index < -0.39 is 0 Å². The average Bonchev–Trinajstić information content (AvgIpc) is 2.71. The summed E-state index contributed by atoms with van der Waals surface area (Å²) in [5.41, 5.74) is 7.20. The van der Waals surface area contributed by atoms with Crippen molar-refractivity contribution in [3.8, 4) is 0 Å². The molecule has 1 aliphatic rings. The van der Waals surface area contributed by atoms with Crippen LogP contribution in [0.25, 0.3) is 0 Å². The van der Waals surface area contributed by atoms with Crippen LogP contribution in [0.3, 0.4) is 0 Å². The van der Waals surface area contributed by atoms with Crippen LogP contribution in [-0.2, 0) is 0 Å². The van der Waals surface area contributed by atoms with Crippen LogP contribution >= 0.6 is 12.4 Å². The Morgan fingerprint density at radius 3 is 2.20 bits per heavy atom. The summed E-state index contributed by atoms with van der Waals surface area (Å²) in [5.74, 6) is 0.410. The molecule has 3 heteroatoms. The quantitative estimate of drug-likeness (QED) is 0.826. The molecular weight excluding hydrogens is 213 g/mol. The lowest BCUT2D eigenvalue weighted by molar-refractivity contribution is 0.444. The molecule has 2 N–H and O–H groups in total. The van der Waals surface area contributed by atoms with E-state index in [-0.39, 0.29) is 24.3 Å². The summed E-state index contributed by atoms with van der Waals surface area (Å²) >= 11 is 0. The molecule has 0 amide bonds. The molecule has 1 aromatic rings. The molecule has 0 aliphatic heterocycles. The molecule has 15 heavy (non-hydrogen) atoms. The lowest BCUT2D eigenvalue weighted by Crippen LogP contribution is -2.18. The summed E-state index contributed by atoms with van der Waals surface area (Å²) < 4.78 is 12.7. The lowest BCUT2D eigenvalue weighted by Gasteiger charge is -2.18. The fourth-order valence-corrected chi connectivity index (χ4v) is 2.27. The molecule has 1 fully saturated rings. The molecular formula is C12H17ClFN. The maximum absolute atomic E-state index is 12.7. The SMILES string of the molecule is Cl.NC(c1ccc(F)cc1)C1CCCC1. The number of nitrogens with two attached hydrogens (primary N) is 1. The summed E-state index contributed by atoms with van der Waals surface area (Å²) in [6.45, 7) is 0. The lowest BCUT2D eigenvalue weighted by atomic mass is 9.93. The fourth-order valence-electron chi connectivity index (χ4n) is 2.27. The van der Waals surface area contributed by atoms with E-state index in [4.69, 9.17) is 5.73 Å². The molecule has 0 radical (unpaired) electrons. The Morgan fingerprint density at radius 1 is 1.13 bits per heavy atom. The van der Waals surface area contributed by atoms with Gasteiger partial charge in [-0.25, -0.2) is 4.39 Å². The first-order valence-corrected chi connectivity index (χ1v) is 5.28. The summed E-state index contributed by atoms with van der Waals surface area (Å²) in [6.07, 6.45) is 5.02. The Kier molecular flexibility index (Phi) is 4.55. The average molecular weight is 230 g/mol. The van der Waals surface area contributed by atoms with Gasteiger partial charge in [0.25, 0.3) is 0 Å². The maximum Gasteiger partial charge on any atom is 0.123 e. The van der Waals surface area contributed by atoms with Crippen LogP contribution in [-0.4, -0.2) is 0 Å². The van der Waals surface area contributed by atoms with Gasteiger partial charge < -0.3 is 5.73 Å². The highest BCUT2D eigenvalue weighted by Gasteiger charge is 2.22. The van der Waals surface area contributed by atoms with E-state index in [1.54, 1.807) is 12.1 Å². The molecule has 2 rings (SSSR count). The normalized spacial score (nSPS) is 18.5. The Hall–Kier alpha value is -0.600. The van der Waals surface area contributed by atoms with Crippen LogP contribution in [0.1, 0.15) is 37.3 Å². The molecule has 0 spiro atoms. The van der Waals surface area contributed by atoms with Gasteiger partial charge >= 0.3 is 0 Å². The van der Waals surface area contributed by atoms with Crippen molar-refractivity contribution >= 4 is 12.4 Å². The van der Waals surface area contributed by atoms with E-state index >= 15 is 0 Å². The van der Waals surface area contributed by atoms with Crippen LogP contribution in [0.2, 0.25) is 0 Å². The van der Waals surface area contributed by atoms with Gasteiger partial charge in [-0.3, -0.25) is 0 Å². The van der Waals surface area contributed by atoms with Crippen molar-refractivity contribution in [3.63, 3.8) is 0 Å². The second-order valence-electron chi connectivity index (χ2n) is 4.12. The van der Waals surface area contributed by atoms with E-state index in [9.17, 15) is 4.39 Å². The Balaban J connectivity index is 0.00000112. The zero-order chi connectivity index (χ0) is 9.97. The van der Waals surface area contributed by atoms with Crippen molar-refractivity contribution in [2.24, 2.45) is 11.7 Å². The van der Waals surface area contributed by atoms with Crippen LogP contribution in [0.5, 0.6) is 0 Å². The van der Waals surface area contributed by atoms with Gasteiger partial charge in [0.15, 0.2) is 0 Å². The first-order chi connectivity index (χ1) is 6.77. The van der Waals surface area contributed by atoms with E-state index in [1.807, 2.05) is 0 Å². The summed E-state index contributed by atoms with van der Waals surface area (Å²) in [7, 11) is 0. The minimum Gasteiger partial charge on any atom is -0.324 e. The molecule has 0 saturated heterocycles. The van der Waals surface area contributed by atoms with Crippen LogP contribution < -0.4 is 5.73 Å². The molecule has 0 aromatic heterocycles. The van der Waals surface area contributed by atoms with Crippen molar-refractivity contribution < 1.29 is 4.39 Å².